The molecule has 1 saturated carbocycles. The van der Waals surface area contributed by atoms with Crippen LogP contribution >= 0.6 is 0 Å². The largest absolute Gasteiger partial charge is 0.489 e. The van der Waals surface area contributed by atoms with Crippen molar-refractivity contribution in [2.24, 2.45) is 0 Å². The van der Waals surface area contributed by atoms with Crippen LogP contribution in [0.3, 0.4) is 0 Å². The third kappa shape index (κ3) is 3.79. The van der Waals surface area contributed by atoms with E-state index in [-0.39, 0.29) is 41.0 Å². The van der Waals surface area contributed by atoms with Gasteiger partial charge in [0.15, 0.2) is 0 Å². The average Bonchev–Trinajstić information content (AvgIpc) is 3.51. The van der Waals surface area contributed by atoms with E-state index < -0.39 is 19.1 Å². The Bertz CT molecular complexity index is 948. The zero-order valence-electron chi connectivity index (χ0n) is 15.6. The van der Waals surface area contributed by atoms with Crippen molar-refractivity contribution in [3.8, 4) is 0 Å². The van der Waals surface area contributed by atoms with Gasteiger partial charge in [-0.15, -0.1) is 0 Å². The standard InChI is InChI=1S/C20H20BN3O5/c25-11-14-8-12(3-6-16(14)21(28)29)20(27)23-17-9-18(26)24(15-4-5-15)19(17)13-2-1-7-22-10-13/h1-3,6-8,10-11,15,17,19,28-29H,4-5,9H2,(H,23,27)/t17-,19+/m1/s1. The lowest BCUT2D eigenvalue weighted by Crippen LogP contribution is -2.41. The van der Waals surface area contributed by atoms with Crippen LogP contribution in [0.4, 0.5) is 0 Å². The molecule has 1 aromatic carbocycles. The van der Waals surface area contributed by atoms with Crippen molar-refractivity contribution >= 4 is 30.7 Å². The summed E-state index contributed by atoms with van der Waals surface area (Å²) in [5, 5.41) is 21.6. The molecule has 148 valence electrons. The fraction of sp³-hybridized carbons (Fsp3) is 0.300. The van der Waals surface area contributed by atoms with Crippen LogP contribution in [0.2, 0.25) is 0 Å². The van der Waals surface area contributed by atoms with Crippen LogP contribution in [-0.4, -0.2) is 57.2 Å². The maximum Gasteiger partial charge on any atom is 0.489 e. The first kappa shape index (κ1) is 19.3. The molecule has 2 heterocycles. The molecule has 2 amide bonds. The molecule has 0 unspecified atom stereocenters. The second-order valence-corrected chi connectivity index (χ2v) is 7.38. The highest BCUT2D eigenvalue weighted by Gasteiger charge is 2.47. The average molecular weight is 393 g/mol. The summed E-state index contributed by atoms with van der Waals surface area (Å²) in [6, 6.07) is 7.24. The van der Waals surface area contributed by atoms with E-state index in [9.17, 15) is 24.4 Å². The first-order valence-corrected chi connectivity index (χ1v) is 9.47. The normalized spacial score (nSPS) is 21.2. The molecule has 2 fully saturated rings. The number of rotatable bonds is 6. The minimum atomic E-state index is -1.80. The van der Waals surface area contributed by atoms with Gasteiger partial charge in [-0.1, -0.05) is 12.1 Å². The highest BCUT2D eigenvalue weighted by molar-refractivity contribution is 6.60. The quantitative estimate of drug-likeness (QED) is 0.462. The number of carbonyl (C=O) groups excluding carboxylic acids is 3. The summed E-state index contributed by atoms with van der Waals surface area (Å²) in [6.07, 6.45) is 5.94. The number of carbonyl (C=O) groups is 3. The predicted octanol–water partition coefficient (Wildman–Crippen LogP) is -0.192. The van der Waals surface area contributed by atoms with Gasteiger partial charge in [0, 0.05) is 36.0 Å². The van der Waals surface area contributed by atoms with E-state index in [0.717, 1.165) is 18.4 Å². The summed E-state index contributed by atoms with van der Waals surface area (Å²) in [5.41, 5.74) is 1.13. The molecule has 4 rings (SSSR count). The van der Waals surface area contributed by atoms with Crippen molar-refractivity contribution < 1.29 is 24.4 Å². The molecular weight excluding hydrogens is 373 g/mol. The van der Waals surface area contributed by atoms with Crippen LogP contribution in [0.15, 0.2) is 42.7 Å². The molecule has 0 spiro atoms. The Kier molecular flexibility index (Phi) is 5.17. The van der Waals surface area contributed by atoms with Crippen molar-refractivity contribution in [2.75, 3.05) is 0 Å². The van der Waals surface area contributed by atoms with Crippen LogP contribution in [0.1, 0.15) is 51.6 Å². The molecule has 2 aliphatic rings. The summed E-state index contributed by atoms with van der Waals surface area (Å²) in [5.74, 6) is -0.435. The number of hydrogen-bond donors (Lipinski definition) is 3. The number of amides is 2. The second-order valence-electron chi connectivity index (χ2n) is 7.38. The highest BCUT2D eigenvalue weighted by atomic mass is 16.4. The van der Waals surface area contributed by atoms with Crippen molar-refractivity contribution in [3.05, 3.63) is 59.4 Å². The maximum atomic E-state index is 12.8. The Hall–Kier alpha value is -3.04. The smallest absolute Gasteiger partial charge is 0.423 e. The molecule has 1 aromatic heterocycles. The Balaban J connectivity index is 1.60. The van der Waals surface area contributed by atoms with E-state index >= 15 is 0 Å². The monoisotopic (exact) mass is 393 g/mol. The summed E-state index contributed by atoms with van der Waals surface area (Å²) in [7, 11) is -1.80. The van der Waals surface area contributed by atoms with Gasteiger partial charge in [-0.05, 0) is 42.1 Å². The first-order valence-electron chi connectivity index (χ1n) is 9.47. The van der Waals surface area contributed by atoms with Crippen LogP contribution in [0.25, 0.3) is 0 Å². The Labute approximate surface area is 167 Å². The number of aromatic nitrogens is 1. The fourth-order valence-electron chi connectivity index (χ4n) is 3.92. The number of nitrogens with one attached hydrogen (secondary N) is 1. The lowest BCUT2D eigenvalue weighted by atomic mass is 9.77. The Morgan fingerprint density at radius 3 is 2.69 bits per heavy atom. The van der Waals surface area contributed by atoms with Gasteiger partial charge in [-0.2, -0.15) is 0 Å². The maximum absolute atomic E-state index is 12.8. The van der Waals surface area contributed by atoms with Crippen LogP contribution in [0.5, 0.6) is 0 Å². The molecule has 9 heteroatoms. The molecule has 0 radical (unpaired) electrons. The van der Waals surface area contributed by atoms with E-state index in [1.807, 2.05) is 11.0 Å². The molecule has 1 aliphatic carbocycles. The van der Waals surface area contributed by atoms with Crippen molar-refractivity contribution in [3.63, 3.8) is 0 Å². The van der Waals surface area contributed by atoms with E-state index in [2.05, 4.69) is 10.3 Å². The predicted molar refractivity (Wildman–Crippen MR) is 104 cm³/mol. The molecule has 1 saturated heterocycles. The van der Waals surface area contributed by atoms with Crippen molar-refractivity contribution in [1.82, 2.24) is 15.2 Å². The van der Waals surface area contributed by atoms with E-state index in [1.54, 1.807) is 18.5 Å². The zero-order chi connectivity index (χ0) is 20.5. The molecule has 2 atom stereocenters. The number of hydrogen-bond acceptors (Lipinski definition) is 6. The number of nitrogens with zero attached hydrogens (tertiary/aromatic N) is 2. The topological polar surface area (TPSA) is 120 Å². The molecule has 8 nitrogen and oxygen atoms in total. The van der Waals surface area contributed by atoms with Crippen molar-refractivity contribution in [1.29, 1.82) is 0 Å². The number of likely N-dealkylation sites (tertiary alicyclic amines) is 1. The van der Waals surface area contributed by atoms with Gasteiger partial charge in [0.25, 0.3) is 5.91 Å². The minimum Gasteiger partial charge on any atom is -0.423 e. The molecule has 0 bridgehead atoms. The summed E-state index contributed by atoms with van der Waals surface area (Å²) in [6.45, 7) is 0. The molecule has 3 N–H and O–H groups in total. The number of aldehydes is 1. The molecule has 1 aliphatic heterocycles. The Morgan fingerprint density at radius 1 is 1.28 bits per heavy atom. The van der Waals surface area contributed by atoms with Gasteiger partial charge >= 0.3 is 7.12 Å². The summed E-state index contributed by atoms with van der Waals surface area (Å²) < 4.78 is 0. The van der Waals surface area contributed by atoms with Gasteiger partial charge in [-0.3, -0.25) is 19.4 Å². The zero-order valence-corrected chi connectivity index (χ0v) is 15.6. The number of benzene rings is 1. The van der Waals surface area contributed by atoms with Crippen LogP contribution in [-0.2, 0) is 4.79 Å². The van der Waals surface area contributed by atoms with Crippen molar-refractivity contribution in [2.45, 2.75) is 37.4 Å². The number of pyridine rings is 1. The SMILES string of the molecule is O=Cc1cc(C(=O)N[C@@H]2CC(=O)N(C3CC3)[C@H]2c2cccnc2)ccc1B(O)O. The molecular formula is C20H20BN3O5. The van der Waals surface area contributed by atoms with E-state index in [0.29, 0.717) is 6.29 Å². The van der Waals surface area contributed by atoms with Crippen LogP contribution < -0.4 is 10.8 Å². The fourth-order valence-corrected chi connectivity index (χ4v) is 3.92. The Morgan fingerprint density at radius 2 is 2.07 bits per heavy atom. The molecule has 2 aromatic rings. The highest BCUT2D eigenvalue weighted by Crippen LogP contribution is 2.41. The third-order valence-corrected chi connectivity index (χ3v) is 5.40. The van der Waals surface area contributed by atoms with Crippen LogP contribution in [0, 0.1) is 0 Å². The minimum absolute atomic E-state index is 0.000940. The van der Waals surface area contributed by atoms with Gasteiger partial charge in [-0.25, -0.2) is 0 Å². The molecule has 29 heavy (non-hydrogen) atoms. The van der Waals surface area contributed by atoms with Gasteiger partial charge < -0.3 is 20.3 Å². The summed E-state index contributed by atoms with van der Waals surface area (Å²) in [4.78, 5) is 42.7. The first-order chi connectivity index (χ1) is 14.0. The summed E-state index contributed by atoms with van der Waals surface area (Å²) >= 11 is 0. The van der Waals surface area contributed by atoms with E-state index in [1.165, 1.54) is 18.2 Å². The van der Waals surface area contributed by atoms with Gasteiger partial charge in [0.05, 0.1) is 12.1 Å². The van der Waals surface area contributed by atoms with E-state index in [4.69, 9.17) is 0 Å². The lowest BCUT2D eigenvalue weighted by Gasteiger charge is -2.29. The second kappa shape index (κ2) is 7.77. The third-order valence-electron chi connectivity index (χ3n) is 5.40. The van der Waals surface area contributed by atoms with Gasteiger partial charge in [0.1, 0.15) is 6.29 Å². The lowest BCUT2D eigenvalue weighted by molar-refractivity contribution is -0.129. The van der Waals surface area contributed by atoms with Gasteiger partial charge in [0.2, 0.25) is 5.91 Å².